The Bertz CT molecular complexity index is 1430. The highest BCUT2D eigenvalue weighted by Crippen LogP contribution is 2.28. The first-order valence-corrected chi connectivity index (χ1v) is 14.2. The lowest BCUT2D eigenvalue weighted by Crippen LogP contribution is -2.28. The summed E-state index contributed by atoms with van der Waals surface area (Å²) >= 11 is 0. The zero-order valence-electron chi connectivity index (χ0n) is 23.6. The molecule has 5 heterocycles. The summed E-state index contributed by atoms with van der Waals surface area (Å²) < 4.78 is 1.88. The van der Waals surface area contributed by atoms with Gasteiger partial charge in [0, 0.05) is 49.7 Å². The van der Waals surface area contributed by atoms with Gasteiger partial charge in [-0.25, -0.2) is 14.5 Å². The van der Waals surface area contributed by atoms with Gasteiger partial charge in [-0.3, -0.25) is 9.88 Å². The van der Waals surface area contributed by atoms with E-state index in [2.05, 4.69) is 69.9 Å². The van der Waals surface area contributed by atoms with Crippen LogP contribution in [0, 0.1) is 26.7 Å². The molecule has 9 nitrogen and oxygen atoms in total. The van der Waals surface area contributed by atoms with Gasteiger partial charge in [0.15, 0.2) is 0 Å². The Kier molecular flexibility index (Phi) is 7.27. The van der Waals surface area contributed by atoms with Gasteiger partial charge in [-0.15, -0.1) is 0 Å². The van der Waals surface area contributed by atoms with Crippen LogP contribution in [0.25, 0.3) is 17.0 Å². The fourth-order valence-electron chi connectivity index (χ4n) is 6.03. The molecule has 0 radical (unpaired) electrons. The summed E-state index contributed by atoms with van der Waals surface area (Å²) in [6, 6.07) is 8.84. The maximum Gasteiger partial charge on any atom is 0.252 e. The van der Waals surface area contributed by atoms with Gasteiger partial charge in [0.25, 0.3) is 5.78 Å². The van der Waals surface area contributed by atoms with Crippen LogP contribution in [0.5, 0.6) is 0 Å². The number of hydrogen-bond acceptors (Lipinski definition) is 8. The van der Waals surface area contributed by atoms with Crippen molar-refractivity contribution in [2.45, 2.75) is 46.6 Å². The number of anilines is 1. The first-order chi connectivity index (χ1) is 18.9. The van der Waals surface area contributed by atoms with Crippen LogP contribution < -0.4 is 4.90 Å². The van der Waals surface area contributed by atoms with Crippen molar-refractivity contribution in [2.24, 2.45) is 5.92 Å². The van der Waals surface area contributed by atoms with Gasteiger partial charge in [-0.2, -0.15) is 10.1 Å². The zero-order valence-corrected chi connectivity index (χ0v) is 23.6. The van der Waals surface area contributed by atoms with E-state index in [0.717, 1.165) is 79.9 Å². The molecule has 1 unspecified atom stereocenters. The summed E-state index contributed by atoms with van der Waals surface area (Å²) in [6.07, 6.45) is 7.21. The van der Waals surface area contributed by atoms with Gasteiger partial charge >= 0.3 is 0 Å². The minimum atomic E-state index is 0.546. The van der Waals surface area contributed by atoms with Crippen LogP contribution in [0.4, 0.5) is 5.82 Å². The number of aryl methyl sites for hydroxylation is 3. The van der Waals surface area contributed by atoms with Crippen molar-refractivity contribution in [1.82, 2.24) is 39.3 Å². The minimum Gasteiger partial charge on any atom is -0.355 e. The van der Waals surface area contributed by atoms with Gasteiger partial charge < -0.3 is 9.80 Å². The smallest absolute Gasteiger partial charge is 0.252 e. The van der Waals surface area contributed by atoms with E-state index in [1.807, 2.05) is 23.8 Å². The number of aromatic nitrogens is 6. The van der Waals surface area contributed by atoms with Crippen LogP contribution in [0.15, 0.2) is 36.7 Å². The monoisotopic (exact) mass is 525 g/mol. The van der Waals surface area contributed by atoms with Gasteiger partial charge in [-0.1, -0.05) is 24.3 Å². The molecule has 2 fully saturated rings. The highest BCUT2D eigenvalue weighted by molar-refractivity contribution is 5.59. The van der Waals surface area contributed by atoms with Gasteiger partial charge in [0.2, 0.25) is 0 Å². The van der Waals surface area contributed by atoms with E-state index in [9.17, 15) is 0 Å². The fraction of sp³-hybridized carbons (Fsp3) is 0.500. The van der Waals surface area contributed by atoms with Crippen molar-refractivity contribution < 1.29 is 0 Å². The number of likely N-dealkylation sites (N-methyl/N-ethyl adjacent to an activating group) is 1. The van der Waals surface area contributed by atoms with Crippen molar-refractivity contribution in [3.63, 3.8) is 0 Å². The maximum absolute atomic E-state index is 4.81. The molecule has 3 aromatic heterocycles. The second kappa shape index (κ2) is 11.0. The second-order valence-corrected chi connectivity index (χ2v) is 11.3. The molecule has 0 saturated carbocycles. The van der Waals surface area contributed by atoms with E-state index in [1.165, 1.54) is 30.6 Å². The third-order valence-electron chi connectivity index (χ3n) is 8.36. The lowest BCUT2D eigenvalue weighted by molar-refractivity contribution is 0.269. The number of nitrogens with zero attached hydrogens (tertiary/aromatic N) is 9. The summed E-state index contributed by atoms with van der Waals surface area (Å²) in [5.41, 5.74) is 6.88. The lowest BCUT2D eigenvalue weighted by Gasteiger charge is -2.20. The van der Waals surface area contributed by atoms with Gasteiger partial charge in [0.05, 0.1) is 18.1 Å². The first-order valence-electron chi connectivity index (χ1n) is 14.2. The minimum absolute atomic E-state index is 0.546. The lowest BCUT2D eigenvalue weighted by atomic mass is 9.96. The Morgan fingerprint density at radius 3 is 2.54 bits per heavy atom. The van der Waals surface area contributed by atoms with E-state index >= 15 is 0 Å². The Morgan fingerprint density at radius 1 is 0.897 bits per heavy atom. The van der Waals surface area contributed by atoms with Crippen LogP contribution in [-0.4, -0.2) is 85.7 Å². The molecular formula is C30H39N9. The summed E-state index contributed by atoms with van der Waals surface area (Å²) in [5.74, 6) is 2.95. The Hall–Kier alpha value is -3.43. The number of benzene rings is 1. The van der Waals surface area contributed by atoms with E-state index in [0.29, 0.717) is 11.7 Å². The maximum atomic E-state index is 4.81. The molecule has 0 aliphatic carbocycles. The topological polar surface area (TPSA) is 78.6 Å². The molecular weight excluding hydrogens is 486 g/mol. The standard InChI is InChI=1S/C30H39N9/c1-21-27(22(2)39-30(33-21)34-23(3)35-39)16-25-10-13-38(20-25)29-18-31-28(17-32-29)26-8-6-24(7-9-26)19-37-12-5-11-36(4)14-15-37/h6-9,17-18,25H,5,10-16,19-20H2,1-4H3. The highest BCUT2D eigenvalue weighted by Gasteiger charge is 2.26. The molecule has 0 N–H and O–H groups in total. The Morgan fingerprint density at radius 2 is 1.74 bits per heavy atom. The average Bonchev–Trinajstić information content (AvgIpc) is 3.50. The highest BCUT2D eigenvalue weighted by atomic mass is 15.3. The molecule has 0 amide bonds. The molecule has 2 aliphatic rings. The van der Waals surface area contributed by atoms with Crippen molar-refractivity contribution in [3.05, 3.63) is 65.0 Å². The van der Waals surface area contributed by atoms with Crippen molar-refractivity contribution >= 4 is 11.6 Å². The SMILES string of the molecule is Cc1nc2nc(C)c(CC3CCN(c4cnc(-c5ccc(CN6CCCN(C)CC6)cc5)cn4)C3)c(C)n2n1. The number of hydrogen-bond donors (Lipinski definition) is 0. The molecule has 2 saturated heterocycles. The Balaban J connectivity index is 1.07. The molecule has 0 bridgehead atoms. The largest absolute Gasteiger partial charge is 0.355 e. The number of fused-ring (bicyclic) bond motifs is 1. The predicted molar refractivity (Wildman–Crippen MR) is 154 cm³/mol. The molecule has 39 heavy (non-hydrogen) atoms. The third-order valence-corrected chi connectivity index (χ3v) is 8.36. The number of rotatable bonds is 6. The summed E-state index contributed by atoms with van der Waals surface area (Å²) in [5, 5.41) is 4.53. The molecule has 2 aliphatic heterocycles. The van der Waals surface area contributed by atoms with Crippen molar-refractivity contribution in [1.29, 1.82) is 0 Å². The van der Waals surface area contributed by atoms with Crippen molar-refractivity contribution in [2.75, 3.05) is 51.2 Å². The van der Waals surface area contributed by atoms with E-state index in [1.54, 1.807) is 0 Å². The molecule has 1 atom stereocenters. The van der Waals surface area contributed by atoms with Crippen LogP contribution in [-0.2, 0) is 13.0 Å². The van der Waals surface area contributed by atoms with E-state index in [4.69, 9.17) is 15.0 Å². The molecule has 9 heteroatoms. The normalized spacial score (nSPS) is 19.2. The molecule has 204 valence electrons. The summed E-state index contributed by atoms with van der Waals surface area (Å²) in [6.45, 7) is 13.8. The van der Waals surface area contributed by atoms with E-state index < -0.39 is 0 Å². The molecule has 1 aromatic carbocycles. The van der Waals surface area contributed by atoms with Crippen LogP contribution in [0.2, 0.25) is 0 Å². The van der Waals surface area contributed by atoms with Gasteiger partial charge in [0.1, 0.15) is 11.6 Å². The van der Waals surface area contributed by atoms with Crippen LogP contribution in [0.1, 0.15) is 41.2 Å². The molecule has 0 spiro atoms. The molecule has 6 rings (SSSR count). The zero-order chi connectivity index (χ0) is 26.9. The average molecular weight is 526 g/mol. The van der Waals surface area contributed by atoms with Gasteiger partial charge in [-0.05, 0) is 77.2 Å². The fourth-order valence-corrected chi connectivity index (χ4v) is 6.03. The molecule has 4 aromatic rings. The van der Waals surface area contributed by atoms with Crippen LogP contribution >= 0.6 is 0 Å². The second-order valence-electron chi connectivity index (χ2n) is 11.3. The van der Waals surface area contributed by atoms with E-state index in [-0.39, 0.29) is 0 Å². The first kappa shape index (κ1) is 25.8. The van der Waals surface area contributed by atoms with Crippen LogP contribution in [0.3, 0.4) is 0 Å². The quantitative estimate of drug-likeness (QED) is 0.377. The van der Waals surface area contributed by atoms with Crippen molar-refractivity contribution in [3.8, 4) is 11.3 Å². The predicted octanol–water partition coefficient (Wildman–Crippen LogP) is 3.71. The summed E-state index contributed by atoms with van der Waals surface area (Å²) in [7, 11) is 2.22. The Labute approximate surface area is 230 Å². The summed E-state index contributed by atoms with van der Waals surface area (Å²) in [4.78, 5) is 26.1. The third kappa shape index (κ3) is 5.65.